The molecule has 1 saturated heterocycles. The summed E-state index contributed by atoms with van der Waals surface area (Å²) in [6.45, 7) is 7.87. The van der Waals surface area contributed by atoms with Crippen LogP contribution in [-0.4, -0.2) is 25.1 Å². The van der Waals surface area contributed by atoms with Crippen LogP contribution in [-0.2, 0) is 4.79 Å². The van der Waals surface area contributed by atoms with Crippen molar-refractivity contribution in [2.45, 2.75) is 39.7 Å². The van der Waals surface area contributed by atoms with E-state index < -0.39 is 0 Å². The smallest absolute Gasteiger partial charge is 0.227 e. The maximum absolute atomic E-state index is 12.2. The molecule has 0 bridgehead atoms. The van der Waals surface area contributed by atoms with Crippen LogP contribution in [0.25, 0.3) is 0 Å². The summed E-state index contributed by atoms with van der Waals surface area (Å²) in [6.07, 6.45) is 1.99. The zero-order chi connectivity index (χ0) is 14.5. The van der Waals surface area contributed by atoms with E-state index in [1.807, 2.05) is 39.0 Å². The lowest BCUT2D eigenvalue weighted by Gasteiger charge is -2.22. The third-order valence-electron chi connectivity index (χ3n) is 3.52. The van der Waals surface area contributed by atoms with Gasteiger partial charge in [0.1, 0.15) is 5.75 Å². The van der Waals surface area contributed by atoms with Gasteiger partial charge in [0.15, 0.2) is 0 Å². The number of carbonyl (C=O) groups is 1. The molecule has 0 saturated carbocycles. The minimum absolute atomic E-state index is 0.128. The highest BCUT2D eigenvalue weighted by Gasteiger charge is 2.20. The SMILES string of the molecule is Cc1cc(NC(=O)C2CCNCC2)ccc1OC(C)C. The van der Waals surface area contributed by atoms with Crippen molar-refractivity contribution in [2.24, 2.45) is 5.92 Å². The third-order valence-corrected chi connectivity index (χ3v) is 3.52. The highest BCUT2D eigenvalue weighted by atomic mass is 16.5. The predicted molar refractivity (Wildman–Crippen MR) is 81.2 cm³/mol. The summed E-state index contributed by atoms with van der Waals surface area (Å²) in [5.74, 6) is 1.13. The van der Waals surface area contributed by atoms with Crippen LogP contribution < -0.4 is 15.4 Å². The van der Waals surface area contributed by atoms with Crippen molar-refractivity contribution in [3.8, 4) is 5.75 Å². The van der Waals surface area contributed by atoms with Crippen molar-refractivity contribution >= 4 is 11.6 Å². The van der Waals surface area contributed by atoms with E-state index in [2.05, 4.69) is 10.6 Å². The van der Waals surface area contributed by atoms with Gasteiger partial charge in [-0.25, -0.2) is 0 Å². The number of rotatable bonds is 4. The molecule has 1 fully saturated rings. The minimum Gasteiger partial charge on any atom is -0.491 e. The number of piperidine rings is 1. The van der Waals surface area contributed by atoms with Gasteiger partial charge in [0.25, 0.3) is 0 Å². The molecule has 110 valence electrons. The van der Waals surface area contributed by atoms with Gasteiger partial charge in [0, 0.05) is 11.6 Å². The molecule has 20 heavy (non-hydrogen) atoms. The summed E-state index contributed by atoms with van der Waals surface area (Å²) >= 11 is 0. The lowest BCUT2D eigenvalue weighted by Crippen LogP contribution is -2.34. The predicted octanol–water partition coefficient (Wildman–Crippen LogP) is 2.72. The second-order valence-electron chi connectivity index (χ2n) is 5.66. The molecule has 0 aliphatic carbocycles. The van der Waals surface area contributed by atoms with Crippen LogP contribution in [0, 0.1) is 12.8 Å². The van der Waals surface area contributed by atoms with Gasteiger partial charge in [0.05, 0.1) is 6.10 Å². The number of hydrogen-bond donors (Lipinski definition) is 2. The molecular formula is C16H24N2O2. The van der Waals surface area contributed by atoms with E-state index in [1.165, 1.54) is 0 Å². The molecule has 0 aromatic heterocycles. The van der Waals surface area contributed by atoms with Crippen molar-refractivity contribution in [1.82, 2.24) is 5.32 Å². The third kappa shape index (κ3) is 3.97. The standard InChI is InChI=1S/C16H24N2O2/c1-11(2)20-15-5-4-14(10-12(15)3)18-16(19)13-6-8-17-9-7-13/h4-5,10-11,13,17H,6-9H2,1-3H3,(H,18,19). The first kappa shape index (κ1) is 14.9. The second kappa shape index (κ2) is 6.75. The fourth-order valence-electron chi connectivity index (χ4n) is 2.44. The van der Waals surface area contributed by atoms with Crippen molar-refractivity contribution in [3.63, 3.8) is 0 Å². The molecule has 0 atom stereocenters. The van der Waals surface area contributed by atoms with Gasteiger partial charge in [-0.15, -0.1) is 0 Å². The molecule has 1 amide bonds. The molecular weight excluding hydrogens is 252 g/mol. The maximum atomic E-state index is 12.2. The summed E-state index contributed by atoms with van der Waals surface area (Å²) in [7, 11) is 0. The topological polar surface area (TPSA) is 50.4 Å². The summed E-state index contributed by atoms with van der Waals surface area (Å²) in [5, 5.41) is 6.28. The van der Waals surface area contributed by atoms with Crippen molar-refractivity contribution < 1.29 is 9.53 Å². The Labute approximate surface area is 120 Å². The number of ether oxygens (including phenoxy) is 1. The Morgan fingerprint density at radius 1 is 1.35 bits per heavy atom. The minimum atomic E-state index is 0.128. The van der Waals surface area contributed by atoms with E-state index in [0.29, 0.717) is 0 Å². The summed E-state index contributed by atoms with van der Waals surface area (Å²) < 4.78 is 5.70. The number of carbonyl (C=O) groups excluding carboxylic acids is 1. The largest absolute Gasteiger partial charge is 0.491 e. The Morgan fingerprint density at radius 3 is 2.65 bits per heavy atom. The normalized spacial score (nSPS) is 16.2. The number of amides is 1. The van der Waals surface area contributed by atoms with Crippen LogP contribution >= 0.6 is 0 Å². The Kier molecular flexibility index (Phi) is 5.01. The fourth-order valence-corrected chi connectivity index (χ4v) is 2.44. The molecule has 1 heterocycles. The number of anilines is 1. The molecule has 1 aliphatic rings. The van der Waals surface area contributed by atoms with E-state index in [4.69, 9.17) is 4.74 Å². The Bertz CT molecular complexity index is 466. The lowest BCUT2D eigenvalue weighted by molar-refractivity contribution is -0.120. The van der Waals surface area contributed by atoms with E-state index in [0.717, 1.165) is 42.9 Å². The Balaban J connectivity index is 1.99. The van der Waals surface area contributed by atoms with E-state index in [9.17, 15) is 4.79 Å². The highest BCUT2D eigenvalue weighted by molar-refractivity contribution is 5.92. The average Bonchev–Trinajstić information content (AvgIpc) is 2.42. The second-order valence-corrected chi connectivity index (χ2v) is 5.66. The molecule has 2 rings (SSSR count). The van der Waals surface area contributed by atoms with Crippen LogP contribution in [0.1, 0.15) is 32.3 Å². The van der Waals surface area contributed by atoms with Gasteiger partial charge in [0.2, 0.25) is 5.91 Å². The highest BCUT2D eigenvalue weighted by Crippen LogP contribution is 2.24. The first-order valence-corrected chi connectivity index (χ1v) is 7.35. The number of benzene rings is 1. The van der Waals surface area contributed by atoms with Crippen LogP contribution in [0.4, 0.5) is 5.69 Å². The quantitative estimate of drug-likeness (QED) is 0.889. The zero-order valence-corrected chi connectivity index (χ0v) is 12.5. The van der Waals surface area contributed by atoms with Crippen molar-refractivity contribution in [2.75, 3.05) is 18.4 Å². The zero-order valence-electron chi connectivity index (χ0n) is 12.5. The van der Waals surface area contributed by atoms with Crippen LogP contribution in [0.5, 0.6) is 5.75 Å². The van der Waals surface area contributed by atoms with Crippen LogP contribution in [0.2, 0.25) is 0 Å². The number of aryl methyl sites for hydroxylation is 1. The van der Waals surface area contributed by atoms with Crippen LogP contribution in [0.15, 0.2) is 18.2 Å². The van der Waals surface area contributed by atoms with Gasteiger partial charge >= 0.3 is 0 Å². The number of hydrogen-bond acceptors (Lipinski definition) is 3. The van der Waals surface area contributed by atoms with Gasteiger partial charge in [-0.3, -0.25) is 4.79 Å². The lowest BCUT2D eigenvalue weighted by atomic mass is 9.97. The van der Waals surface area contributed by atoms with Gasteiger partial charge in [-0.2, -0.15) is 0 Å². The average molecular weight is 276 g/mol. The summed E-state index contributed by atoms with van der Waals surface area (Å²) in [4.78, 5) is 12.2. The summed E-state index contributed by atoms with van der Waals surface area (Å²) in [6, 6.07) is 5.80. The Hall–Kier alpha value is -1.55. The molecule has 2 N–H and O–H groups in total. The molecule has 0 radical (unpaired) electrons. The molecule has 4 heteroatoms. The first-order valence-electron chi connectivity index (χ1n) is 7.35. The van der Waals surface area contributed by atoms with E-state index in [-0.39, 0.29) is 17.9 Å². The molecule has 0 unspecified atom stereocenters. The molecule has 4 nitrogen and oxygen atoms in total. The van der Waals surface area contributed by atoms with Gasteiger partial charge < -0.3 is 15.4 Å². The van der Waals surface area contributed by atoms with E-state index in [1.54, 1.807) is 0 Å². The van der Waals surface area contributed by atoms with Crippen molar-refractivity contribution in [3.05, 3.63) is 23.8 Å². The molecule has 0 spiro atoms. The van der Waals surface area contributed by atoms with E-state index >= 15 is 0 Å². The molecule has 1 aromatic carbocycles. The number of nitrogens with one attached hydrogen (secondary N) is 2. The van der Waals surface area contributed by atoms with Gasteiger partial charge in [-0.05, 0) is 70.5 Å². The molecule has 1 aromatic rings. The van der Waals surface area contributed by atoms with Crippen LogP contribution in [0.3, 0.4) is 0 Å². The molecule has 1 aliphatic heterocycles. The maximum Gasteiger partial charge on any atom is 0.227 e. The Morgan fingerprint density at radius 2 is 2.05 bits per heavy atom. The summed E-state index contributed by atoms with van der Waals surface area (Å²) in [5.41, 5.74) is 1.89. The monoisotopic (exact) mass is 276 g/mol. The first-order chi connectivity index (χ1) is 9.56. The van der Waals surface area contributed by atoms with Gasteiger partial charge in [-0.1, -0.05) is 0 Å². The fraction of sp³-hybridized carbons (Fsp3) is 0.562. The van der Waals surface area contributed by atoms with Crippen molar-refractivity contribution in [1.29, 1.82) is 0 Å².